The number of rotatable bonds is 1. The van der Waals surface area contributed by atoms with E-state index in [-0.39, 0.29) is 6.04 Å². The Morgan fingerprint density at radius 2 is 1.96 bits per heavy atom. The molecule has 2 aliphatic heterocycles. The molecular formula is C19H18F3N3. The Hall–Kier alpha value is -2.34. The maximum Gasteiger partial charge on any atom is 0.417 e. The number of fused-ring (bicyclic) bond motifs is 2. The molecule has 0 bridgehead atoms. The third kappa shape index (κ3) is 3.02. The molecular weight excluding hydrogens is 327 g/mol. The van der Waals surface area contributed by atoms with Gasteiger partial charge in [0.1, 0.15) is 0 Å². The van der Waals surface area contributed by atoms with E-state index in [0.29, 0.717) is 24.3 Å². The topological polar surface area (TPSA) is 28.2 Å². The molecule has 3 nitrogen and oxygen atoms in total. The Labute approximate surface area is 144 Å². The van der Waals surface area contributed by atoms with Crippen LogP contribution in [0.4, 0.5) is 24.5 Å². The Balaban J connectivity index is 1.90. The van der Waals surface area contributed by atoms with Crippen LogP contribution in [0.2, 0.25) is 0 Å². The number of para-hydroxylation sites is 1. The number of hydrogen-bond donors (Lipinski definition) is 1. The van der Waals surface area contributed by atoms with Crippen LogP contribution in [0.25, 0.3) is 0 Å². The molecule has 3 heterocycles. The summed E-state index contributed by atoms with van der Waals surface area (Å²) in [6, 6.07) is 9.12. The molecule has 1 unspecified atom stereocenters. The van der Waals surface area contributed by atoms with Crippen LogP contribution in [0.1, 0.15) is 16.8 Å². The zero-order valence-electron chi connectivity index (χ0n) is 13.6. The van der Waals surface area contributed by atoms with Crippen LogP contribution >= 0.6 is 0 Å². The smallest absolute Gasteiger partial charge is 0.331 e. The second-order valence-electron chi connectivity index (χ2n) is 6.34. The number of hydrogen-bond acceptors (Lipinski definition) is 3. The summed E-state index contributed by atoms with van der Waals surface area (Å²) in [7, 11) is 0. The largest absolute Gasteiger partial charge is 0.417 e. The van der Waals surface area contributed by atoms with Crippen molar-refractivity contribution in [1.29, 1.82) is 0 Å². The fourth-order valence-corrected chi connectivity index (χ4v) is 3.52. The van der Waals surface area contributed by atoms with Crippen LogP contribution < -0.4 is 10.2 Å². The van der Waals surface area contributed by atoms with Crippen LogP contribution in [0.3, 0.4) is 0 Å². The van der Waals surface area contributed by atoms with Crippen molar-refractivity contribution in [3.8, 4) is 0 Å². The zero-order chi connectivity index (χ0) is 17.4. The van der Waals surface area contributed by atoms with Crippen molar-refractivity contribution >= 4 is 11.4 Å². The van der Waals surface area contributed by atoms with Crippen LogP contribution in [0.5, 0.6) is 0 Å². The molecule has 0 fully saturated rings. The zero-order valence-corrected chi connectivity index (χ0v) is 13.6. The first-order valence-corrected chi connectivity index (χ1v) is 8.34. The van der Waals surface area contributed by atoms with Gasteiger partial charge in [0.2, 0.25) is 0 Å². The number of benzene rings is 1. The maximum atomic E-state index is 13.2. The highest BCUT2D eigenvalue weighted by Crippen LogP contribution is 2.40. The van der Waals surface area contributed by atoms with E-state index < -0.39 is 11.7 Å². The Morgan fingerprint density at radius 3 is 2.72 bits per heavy atom. The number of nitrogens with zero attached hydrogens (tertiary/aromatic N) is 2. The van der Waals surface area contributed by atoms with Crippen molar-refractivity contribution in [3.63, 3.8) is 0 Å². The molecule has 0 aliphatic carbocycles. The van der Waals surface area contributed by atoms with Crippen molar-refractivity contribution in [2.24, 2.45) is 0 Å². The van der Waals surface area contributed by atoms with Gasteiger partial charge in [0, 0.05) is 25.0 Å². The summed E-state index contributed by atoms with van der Waals surface area (Å²) in [5.74, 6) is 0. The molecule has 0 radical (unpaired) electrons. The molecule has 2 aromatic rings. The lowest BCUT2D eigenvalue weighted by atomic mass is 10.1. The lowest BCUT2D eigenvalue weighted by molar-refractivity contribution is -0.137. The molecule has 130 valence electrons. The van der Waals surface area contributed by atoms with Gasteiger partial charge in [0.15, 0.2) is 0 Å². The van der Waals surface area contributed by atoms with Crippen molar-refractivity contribution in [2.45, 2.75) is 25.1 Å². The average Bonchev–Trinajstić information content (AvgIpc) is 2.78. The number of alkyl halides is 3. The van der Waals surface area contributed by atoms with Gasteiger partial charge in [-0.2, -0.15) is 13.2 Å². The fraction of sp³-hybridized carbons (Fsp3) is 0.316. The maximum absolute atomic E-state index is 13.2. The number of halogens is 3. The average molecular weight is 345 g/mol. The molecule has 0 saturated carbocycles. The minimum atomic E-state index is -4.40. The van der Waals surface area contributed by atoms with Crippen LogP contribution in [-0.2, 0) is 19.0 Å². The van der Waals surface area contributed by atoms with E-state index in [9.17, 15) is 13.2 Å². The highest BCUT2D eigenvalue weighted by atomic mass is 19.4. The second-order valence-corrected chi connectivity index (χ2v) is 6.34. The molecule has 6 heteroatoms. The van der Waals surface area contributed by atoms with E-state index in [1.807, 2.05) is 35.2 Å². The van der Waals surface area contributed by atoms with E-state index in [0.717, 1.165) is 30.4 Å². The molecule has 1 N–H and O–H groups in total. The molecule has 0 spiro atoms. The van der Waals surface area contributed by atoms with E-state index in [1.165, 1.54) is 6.07 Å². The number of anilines is 2. The summed E-state index contributed by atoms with van der Waals surface area (Å²) in [6.45, 7) is 1.46. The van der Waals surface area contributed by atoms with Crippen LogP contribution in [-0.4, -0.2) is 24.1 Å². The molecule has 4 rings (SSSR count). The molecule has 25 heavy (non-hydrogen) atoms. The predicted octanol–water partition coefficient (Wildman–Crippen LogP) is 3.87. The normalized spacial score (nSPS) is 20.0. The Bertz CT molecular complexity index is 814. The third-order valence-corrected chi connectivity index (χ3v) is 4.72. The van der Waals surface area contributed by atoms with Gasteiger partial charge in [-0.15, -0.1) is 0 Å². The van der Waals surface area contributed by atoms with Crippen molar-refractivity contribution in [1.82, 2.24) is 10.3 Å². The monoisotopic (exact) mass is 345 g/mol. The second kappa shape index (κ2) is 6.19. The van der Waals surface area contributed by atoms with E-state index in [2.05, 4.69) is 16.4 Å². The van der Waals surface area contributed by atoms with Gasteiger partial charge >= 0.3 is 6.18 Å². The van der Waals surface area contributed by atoms with Crippen molar-refractivity contribution < 1.29 is 13.2 Å². The van der Waals surface area contributed by atoms with E-state index in [1.54, 1.807) is 0 Å². The molecule has 0 amide bonds. The number of aromatic nitrogens is 1. The minimum absolute atomic E-state index is 0.0444. The van der Waals surface area contributed by atoms with Gasteiger partial charge in [-0.3, -0.25) is 4.98 Å². The molecule has 2 aliphatic rings. The van der Waals surface area contributed by atoms with E-state index in [4.69, 9.17) is 0 Å². The minimum Gasteiger partial charge on any atom is -0.331 e. The SMILES string of the molecule is FC(F)(F)c1cnc2c(c1)N(C1C=CCNC1)c1ccccc1CC2. The third-order valence-electron chi connectivity index (χ3n) is 4.72. The molecule has 0 saturated heterocycles. The number of nitrogens with one attached hydrogen (secondary N) is 1. The van der Waals surface area contributed by atoms with E-state index >= 15 is 0 Å². The molecule has 1 aromatic heterocycles. The summed E-state index contributed by atoms with van der Waals surface area (Å²) in [6.07, 6.45) is 2.01. The fourth-order valence-electron chi connectivity index (χ4n) is 3.52. The molecule has 1 aromatic carbocycles. The van der Waals surface area contributed by atoms with Crippen LogP contribution in [0, 0.1) is 0 Å². The Kier molecular flexibility index (Phi) is 4.00. The van der Waals surface area contributed by atoms with Gasteiger partial charge in [0.25, 0.3) is 0 Å². The first-order valence-electron chi connectivity index (χ1n) is 8.34. The van der Waals surface area contributed by atoms with Gasteiger partial charge in [-0.25, -0.2) is 0 Å². The summed E-state index contributed by atoms with van der Waals surface area (Å²) >= 11 is 0. The summed E-state index contributed by atoms with van der Waals surface area (Å²) in [4.78, 5) is 6.17. The van der Waals surface area contributed by atoms with Gasteiger partial charge in [-0.05, 0) is 30.5 Å². The van der Waals surface area contributed by atoms with Gasteiger partial charge < -0.3 is 10.2 Å². The summed E-state index contributed by atoms with van der Waals surface area (Å²) in [5.41, 5.74) is 2.65. The summed E-state index contributed by atoms with van der Waals surface area (Å²) in [5, 5.41) is 3.29. The Morgan fingerprint density at radius 1 is 1.12 bits per heavy atom. The lowest BCUT2D eigenvalue weighted by Gasteiger charge is -2.35. The predicted molar refractivity (Wildman–Crippen MR) is 91.0 cm³/mol. The lowest BCUT2D eigenvalue weighted by Crippen LogP contribution is -2.41. The highest BCUT2D eigenvalue weighted by Gasteiger charge is 2.34. The number of pyridine rings is 1. The first-order chi connectivity index (χ1) is 12.0. The summed E-state index contributed by atoms with van der Waals surface area (Å²) < 4.78 is 39.7. The van der Waals surface area contributed by atoms with Gasteiger partial charge in [-0.1, -0.05) is 30.4 Å². The first kappa shape index (κ1) is 16.1. The van der Waals surface area contributed by atoms with Crippen molar-refractivity contribution in [2.75, 3.05) is 18.0 Å². The number of aryl methyl sites for hydroxylation is 2. The van der Waals surface area contributed by atoms with Crippen LogP contribution in [0.15, 0.2) is 48.7 Å². The molecule has 1 atom stereocenters. The highest BCUT2D eigenvalue weighted by molar-refractivity contribution is 5.72. The quantitative estimate of drug-likeness (QED) is 0.796. The standard InChI is InChI=1S/C19H18F3N3/c20-19(21,22)14-10-18-16(24-11-14)8-7-13-4-1-2-6-17(13)25(18)15-5-3-9-23-12-15/h1-6,10-11,15,23H,7-9,12H2. The van der Waals surface area contributed by atoms with Crippen molar-refractivity contribution in [3.05, 3.63) is 65.5 Å². The van der Waals surface area contributed by atoms with Gasteiger partial charge in [0.05, 0.1) is 23.0 Å².